The molecule has 0 aliphatic rings. The van der Waals surface area contributed by atoms with Crippen LogP contribution in [-0.2, 0) is 13.5 Å². The van der Waals surface area contributed by atoms with E-state index in [-0.39, 0.29) is 5.38 Å². The second-order valence-corrected chi connectivity index (χ2v) is 5.50. The molecule has 15 heavy (non-hydrogen) atoms. The Hall–Kier alpha value is -0.0200. The number of alkyl halides is 1. The second kappa shape index (κ2) is 5.35. The van der Waals surface area contributed by atoms with E-state index in [1.807, 2.05) is 18.7 Å². The van der Waals surface area contributed by atoms with Gasteiger partial charge in [-0.25, -0.2) is 0 Å². The zero-order valence-electron chi connectivity index (χ0n) is 9.72. The summed E-state index contributed by atoms with van der Waals surface area (Å²) in [5, 5.41) is 4.59. The molecule has 2 unspecified atom stereocenters. The Morgan fingerprint density at radius 3 is 2.47 bits per heavy atom. The van der Waals surface area contributed by atoms with Crippen LogP contribution in [-0.4, -0.2) is 15.2 Å². The summed E-state index contributed by atoms with van der Waals surface area (Å²) in [6.45, 7) is 6.26. The van der Waals surface area contributed by atoms with E-state index in [9.17, 15) is 0 Å². The number of nitrogens with zero attached hydrogens (tertiary/aromatic N) is 2. The molecule has 0 amide bonds. The maximum atomic E-state index is 6.16. The highest BCUT2D eigenvalue weighted by Crippen LogP contribution is 2.26. The molecule has 0 N–H and O–H groups in total. The molecule has 1 heterocycles. The molecule has 0 saturated heterocycles. The van der Waals surface area contributed by atoms with Crippen LogP contribution in [0.5, 0.6) is 0 Å². The van der Waals surface area contributed by atoms with Gasteiger partial charge in [0.1, 0.15) is 0 Å². The molecule has 1 aromatic heterocycles. The Morgan fingerprint density at radius 2 is 2.13 bits per heavy atom. The van der Waals surface area contributed by atoms with Crippen molar-refractivity contribution in [3.8, 4) is 0 Å². The molecule has 2 atom stereocenters. The minimum Gasteiger partial charge on any atom is -0.271 e. The van der Waals surface area contributed by atoms with Crippen molar-refractivity contribution in [3.05, 3.63) is 15.9 Å². The molecule has 1 rings (SSSR count). The molecular weight excluding hydrogens is 275 g/mol. The smallest absolute Gasteiger partial charge is 0.0738 e. The van der Waals surface area contributed by atoms with E-state index >= 15 is 0 Å². The molecule has 2 nitrogen and oxygen atoms in total. The lowest BCUT2D eigenvalue weighted by molar-refractivity contribution is 0.479. The molecule has 0 bridgehead atoms. The predicted molar refractivity (Wildman–Crippen MR) is 68.4 cm³/mol. The number of hydrogen-bond acceptors (Lipinski definition) is 1. The lowest BCUT2D eigenvalue weighted by atomic mass is 9.97. The van der Waals surface area contributed by atoms with Crippen molar-refractivity contribution in [1.29, 1.82) is 0 Å². The van der Waals surface area contributed by atoms with Crippen LogP contribution in [0.1, 0.15) is 31.7 Å². The molecular formula is C11H18BrClN2. The molecule has 0 saturated carbocycles. The monoisotopic (exact) mass is 292 g/mol. The molecule has 86 valence electrons. The van der Waals surface area contributed by atoms with Crippen molar-refractivity contribution in [1.82, 2.24) is 9.78 Å². The van der Waals surface area contributed by atoms with Crippen LogP contribution in [0.4, 0.5) is 0 Å². The van der Waals surface area contributed by atoms with E-state index in [0.717, 1.165) is 23.0 Å². The number of hydrogen-bond donors (Lipinski definition) is 0. The fraction of sp³-hybridized carbons (Fsp3) is 0.727. The molecule has 0 aliphatic heterocycles. The van der Waals surface area contributed by atoms with Gasteiger partial charge in [0.15, 0.2) is 0 Å². The zero-order valence-corrected chi connectivity index (χ0v) is 12.1. The third-order valence-electron chi connectivity index (χ3n) is 2.89. The Morgan fingerprint density at radius 1 is 1.53 bits per heavy atom. The summed E-state index contributed by atoms with van der Waals surface area (Å²) >= 11 is 9.74. The zero-order chi connectivity index (χ0) is 11.6. The van der Waals surface area contributed by atoms with Crippen LogP contribution in [0.15, 0.2) is 4.47 Å². The maximum Gasteiger partial charge on any atom is 0.0738 e. The quantitative estimate of drug-likeness (QED) is 0.774. The first kappa shape index (κ1) is 13.0. The maximum absolute atomic E-state index is 6.16. The summed E-state index contributed by atoms with van der Waals surface area (Å²) in [6.07, 6.45) is 2.08. The first-order valence-corrected chi connectivity index (χ1v) is 6.52. The summed E-state index contributed by atoms with van der Waals surface area (Å²) in [5.74, 6) is 0.512. The molecule has 0 spiro atoms. The molecule has 0 radical (unpaired) electrons. The fourth-order valence-electron chi connectivity index (χ4n) is 1.78. The van der Waals surface area contributed by atoms with Crippen molar-refractivity contribution in [2.45, 2.75) is 39.0 Å². The second-order valence-electron chi connectivity index (χ2n) is 4.02. The van der Waals surface area contributed by atoms with Crippen molar-refractivity contribution in [3.63, 3.8) is 0 Å². The highest BCUT2D eigenvalue weighted by molar-refractivity contribution is 9.10. The molecule has 0 aromatic carbocycles. The summed E-state index contributed by atoms with van der Waals surface area (Å²) in [5.41, 5.74) is 2.29. The van der Waals surface area contributed by atoms with Crippen LogP contribution in [0.25, 0.3) is 0 Å². The Labute approximate surface area is 105 Å². The average Bonchev–Trinajstić information content (AvgIpc) is 2.39. The number of aryl methyl sites for hydroxylation is 2. The first-order valence-electron chi connectivity index (χ1n) is 5.29. The summed E-state index contributed by atoms with van der Waals surface area (Å²) in [6, 6.07) is 0. The van der Waals surface area contributed by atoms with Crippen LogP contribution in [0, 0.1) is 12.8 Å². The van der Waals surface area contributed by atoms with Gasteiger partial charge in [-0.1, -0.05) is 13.3 Å². The summed E-state index contributed by atoms with van der Waals surface area (Å²) in [4.78, 5) is 0. The average molecular weight is 294 g/mol. The van der Waals surface area contributed by atoms with E-state index in [1.54, 1.807) is 0 Å². The van der Waals surface area contributed by atoms with E-state index in [4.69, 9.17) is 11.6 Å². The minimum atomic E-state index is 0.206. The van der Waals surface area contributed by atoms with Crippen LogP contribution >= 0.6 is 27.5 Å². The molecule has 1 aromatic rings. The third kappa shape index (κ3) is 2.97. The van der Waals surface area contributed by atoms with Gasteiger partial charge in [0.25, 0.3) is 0 Å². The van der Waals surface area contributed by atoms with Crippen LogP contribution < -0.4 is 0 Å². The largest absolute Gasteiger partial charge is 0.271 e. The Balaban J connectivity index is 2.88. The van der Waals surface area contributed by atoms with Gasteiger partial charge in [-0.3, -0.25) is 4.68 Å². The number of aromatic nitrogens is 2. The van der Waals surface area contributed by atoms with E-state index in [0.29, 0.717) is 5.92 Å². The van der Waals surface area contributed by atoms with E-state index in [1.165, 1.54) is 5.69 Å². The van der Waals surface area contributed by atoms with Gasteiger partial charge in [-0.05, 0) is 42.1 Å². The third-order valence-corrected chi connectivity index (χ3v) is 4.28. The standard InChI is InChI=1S/C11H18BrClN2/c1-5-9(7(2)13)6-10-11(12)8(3)14-15(10)4/h7,9H,5-6H2,1-4H3. The number of halogens is 2. The van der Waals surface area contributed by atoms with E-state index in [2.05, 4.69) is 34.9 Å². The van der Waals surface area contributed by atoms with Gasteiger partial charge in [0.2, 0.25) is 0 Å². The van der Waals surface area contributed by atoms with Crippen molar-refractivity contribution in [2.24, 2.45) is 13.0 Å². The molecule has 4 heteroatoms. The Kier molecular flexibility index (Phi) is 4.65. The van der Waals surface area contributed by atoms with Gasteiger partial charge in [0.05, 0.1) is 15.9 Å². The normalized spacial score (nSPS) is 15.3. The van der Waals surface area contributed by atoms with Gasteiger partial charge in [-0.15, -0.1) is 11.6 Å². The number of rotatable bonds is 4. The minimum absolute atomic E-state index is 0.206. The summed E-state index contributed by atoms with van der Waals surface area (Å²) in [7, 11) is 1.98. The van der Waals surface area contributed by atoms with Gasteiger partial charge in [0, 0.05) is 12.4 Å². The highest BCUT2D eigenvalue weighted by atomic mass is 79.9. The topological polar surface area (TPSA) is 17.8 Å². The summed E-state index contributed by atoms with van der Waals surface area (Å²) < 4.78 is 3.07. The molecule has 0 aliphatic carbocycles. The SMILES string of the molecule is CCC(Cc1c(Br)c(C)nn1C)C(C)Cl. The first-order chi connectivity index (χ1) is 6.97. The highest BCUT2D eigenvalue weighted by Gasteiger charge is 2.18. The molecule has 0 fully saturated rings. The lowest BCUT2D eigenvalue weighted by Gasteiger charge is -2.17. The van der Waals surface area contributed by atoms with Crippen molar-refractivity contribution >= 4 is 27.5 Å². The van der Waals surface area contributed by atoms with Crippen LogP contribution in [0.3, 0.4) is 0 Å². The van der Waals surface area contributed by atoms with Gasteiger partial charge >= 0.3 is 0 Å². The van der Waals surface area contributed by atoms with Crippen molar-refractivity contribution in [2.75, 3.05) is 0 Å². The van der Waals surface area contributed by atoms with Crippen LogP contribution in [0.2, 0.25) is 0 Å². The van der Waals surface area contributed by atoms with Crippen molar-refractivity contribution < 1.29 is 0 Å². The van der Waals surface area contributed by atoms with Gasteiger partial charge < -0.3 is 0 Å². The van der Waals surface area contributed by atoms with Gasteiger partial charge in [-0.2, -0.15) is 5.10 Å². The fourth-order valence-corrected chi connectivity index (χ4v) is 2.55. The van der Waals surface area contributed by atoms with E-state index < -0.39 is 0 Å². The lowest BCUT2D eigenvalue weighted by Crippen LogP contribution is -2.15. The predicted octanol–water partition coefficient (Wildman–Crippen LogP) is 3.69. The Bertz CT molecular complexity index is 334.